The molecule has 6 heteroatoms. The molecule has 1 saturated heterocycles. The Kier molecular flexibility index (Phi) is 4.91. The number of amides is 2. The number of primary amides is 1. The summed E-state index contributed by atoms with van der Waals surface area (Å²) in [6, 6.07) is 1.20. The van der Waals surface area contributed by atoms with Crippen molar-refractivity contribution in [2.45, 2.75) is 38.3 Å². The van der Waals surface area contributed by atoms with Crippen LogP contribution in [0.15, 0.2) is 0 Å². The number of nitrogens with one attached hydrogen (secondary N) is 1. The van der Waals surface area contributed by atoms with E-state index in [-0.39, 0.29) is 18.2 Å². The van der Waals surface area contributed by atoms with Gasteiger partial charge >= 0.3 is 0 Å². The Balaban J connectivity index is 2.51. The van der Waals surface area contributed by atoms with E-state index in [4.69, 9.17) is 15.7 Å². The van der Waals surface area contributed by atoms with E-state index in [1.807, 2.05) is 6.07 Å². The summed E-state index contributed by atoms with van der Waals surface area (Å²) in [5, 5.41) is 11.2. The lowest BCUT2D eigenvalue weighted by molar-refractivity contribution is -0.134. The second kappa shape index (κ2) is 6.21. The zero-order valence-corrected chi connectivity index (χ0v) is 9.81. The normalized spacial score (nSPS) is 22.5. The fourth-order valence-electron chi connectivity index (χ4n) is 1.70. The number of nitrogens with zero attached hydrogens (tertiary/aromatic N) is 1. The molecule has 0 aromatic heterocycles. The SMILES string of the molecule is C[C@H](C#N)C[C@@H](NC(=O)[C@H]1CCCO1)C(N)=O. The minimum absolute atomic E-state index is 0.226. The van der Waals surface area contributed by atoms with Crippen LogP contribution in [0, 0.1) is 17.2 Å². The molecule has 0 bridgehead atoms. The smallest absolute Gasteiger partial charge is 0.249 e. The lowest BCUT2D eigenvalue weighted by atomic mass is 10.0. The summed E-state index contributed by atoms with van der Waals surface area (Å²) in [5.41, 5.74) is 5.18. The number of rotatable bonds is 5. The van der Waals surface area contributed by atoms with Gasteiger partial charge in [-0.3, -0.25) is 9.59 Å². The molecule has 1 fully saturated rings. The summed E-state index contributed by atoms with van der Waals surface area (Å²) in [7, 11) is 0. The van der Waals surface area contributed by atoms with Crippen LogP contribution in [0.3, 0.4) is 0 Å². The van der Waals surface area contributed by atoms with Gasteiger partial charge in [-0.1, -0.05) is 0 Å². The van der Waals surface area contributed by atoms with Gasteiger partial charge in [-0.25, -0.2) is 0 Å². The molecule has 0 radical (unpaired) electrons. The minimum atomic E-state index is -0.804. The molecule has 0 saturated carbocycles. The highest BCUT2D eigenvalue weighted by molar-refractivity contribution is 5.88. The molecule has 0 aromatic rings. The second-order valence-electron chi connectivity index (χ2n) is 4.23. The number of carbonyl (C=O) groups is 2. The van der Waals surface area contributed by atoms with Crippen LogP contribution in [-0.4, -0.2) is 30.6 Å². The maximum Gasteiger partial charge on any atom is 0.249 e. The summed E-state index contributed by atoms with van der Waals surface area (Å²) in [4.78, 5) is 22.9. The Morgan fingerprint density at radius 2 is 2.35 bits per heavy atom. The van der Waals surface area contributed by atoms with Crippen molar-refractivity contribution in [1.29, 1.82) is 5.26 Å². The third kappa shape index (κ3) is 4.04. The molecule has 0 aliphatic carbocycles. The van der Waals surface area contributed by atoms with Crippen molar-refractivity contribution in [3.63, 3.8) is 0 Å². The van der Waals surface area contributed by atoms with E-state index in [1.165, 1.54) is 0 Å². The number of hydrogen-bond acceptors (Lipinski definition) is 4. The molecule has 17 heavy (non-hydrogen) atoms. The Morgan fingerprint density at radius 3 is 2.82 bits per heavy atom. The zero-order chi connectivity index (χ0) is 12.8. The maximum atomic E-state index is 11.7. The van der Waals surface area contributed by atoms with Crippen LogP contribution >= 0.6 is 0 Å². The van der Waals surface area contributed by atoms with Gasteiger partial charge in [-0.2, -0.15) is 5.26 Å². The van der Waals surface area contributed by atoms with Gasteiger partial charge in [-0.05, 0) is 26.2 Å². The van der Waals surface area contributed by atoms with Crippen LogP contribution in [-0.2, 0) is 14.3 Å². The Labute approximate surface area is 100 Å². The van der Waals surface area contributed by atoms with E-state index in [0.29, 0.717) is 13.0 Å². The third-order valence-corrected chi connectivity index (χ3v) is 2.69. The fourth-order valence-corrected chi connectivity index (χ4v) is 1.70. The number of hydrogen-bond donors (Lipinski definition) is 2. The predicted octanol–water partition coefficient (Wildman–Crippen LogP) is -0.315. The van der Waals surface area contributed by atoms with Gasteiger partial charge in [0.2, 0.25) is 11.8 Å². The first-order valence-corrected chi connectivity index (χ1v) is 5.65. The van der Waals surface area contributed by atoms with Crippen LogP contribution in [0.4, 0.5) is 0 Å². The molecule has 6 nitrogen and oxygen atoms in total. The van der Waals surface area contributed by atoms with Gasteiger partial charge in [0.25, 0.3) is 0 Å². The average Bonchev–Trinajstić information content (AvgIpc) is 2.81. The van der Waals surface area contributed by atoms with Gasteiger partial charge in [0.1, 0.15) is 12.1 Å². The molecule has 1 rings (SSSR count). The molecule has 0 unspecified atom stereocenters. The topological polar surface area (TPSA) is 105 Å². The van der Waals surface area contributed by atoms with Crippen molar-refractivity contribution in [3.05, 3.63) is 0 Å². The largest absolute Gasteiger partial charge is 0.368 e. The lowest BCUT2D eigenvalue weighted by Crippen LogP contribution is -2.48. The highest BCUT2D eigenvalue weighted by Gasteiger charge is 2.28. The van der Waals surface area contributed by atoms with Crippen molar-refractivity contribution in [2.75, 3.05) is 6.61 Å². The van der Waals surface area contributed by atoms with Crippen molar-refractivity contribution in [1.82, 2.24) is 5.32 Å². The quantitative estimate of drug-likeness (QED) is 0.686. The van der Waals surface area contributed by atoms with Crippen LogP contribution < -0.4 is 11.1 Å². The van der Waals surface area contributed by atoms with E-state index < -0.39 is 18.1 Å². The number of nitriles is 1. The van der Waals surface area contributed by atoms with Crippen molar-refractivity contribution < 1.29 is 14.3 Å². The molecule has 2 amide bonds. The summed E-state index contributed by atoms with van der Waals surface area (Å²) in [6.45, 7) is 2.24. The average molecular weight is 239 g/mol. The molecular formula is C11H17N3O3. The highest BCUT2D eigenvalue weighted by atomic mass is 16.5. The second-order valence-corrected chi connectivity index (χ2v) is 4.23. The van der Waals surface area contributed by atoms with Gasteiger partial charge < -0.3 is 15.8 Å². The molecular weight excluding hydrogens is 222 g/mol. The molecule has 94 valence electrons. The van der Waals surface area contributed by atoms with Crippen LogP contribution in [0.5, 0.6) is 0 Å². The first kappa shape index (κ1) is 13.5. The summed E-state index contributed by atoms with van der Waals surface area (Å²) in [5.74, 6) is -1.29. The first-order chi connectivity index (χ1) is 8.04. The van der Waals surface area contributed by atoms with E-state index in [2.05, 4.69) is 5.32 Å². The number of carbonyl (C=O) groups excluding carboxylic acids is 2. The predicted molar refractivity (Wildman–Crippen MR) is 59.5 cm³/mol. The molecule has 0 aromatic carbocycles. The standard InChI is InChI=1S/C11H17N3O3/c1-7(6-12)5-8(10(13)15)14-11(16)9-3-2-4-17-9/h7-9H,2-5H2,1H3,(H2,13,15)(H,14,16)/t7-,8+,9+/m0/s1. The Bertz CT molecular complexity index is 331. The van der Waals surface area contributed by atoms with Crippen LogP contribution in [0.25, 0.3) is 0 Å². The van der Waals surface area contributed by atoms with Crippen LogP contribution in [0.2, 0.25) is 0 Å². The Morgan fingerprint density at radius 1 is 1.65 bits per heavy atom. The minimum Gasteiger partial charge on any atom is -0.368 e. The van der Waals surface area contributed by atoms with Gasteiger partial charge in [0.05, 0.1) is 6.07 Å². The highest BCUT2D eigenvalue weighted by Crippen LogP contribution is 2.13. The fraction of sp³-hybridized carbons (Fsp3) is 0.727. The lowest BCUT2D eigenvalue weighted by Gasteiger charge is -2.18. The molecule has 0 spiro atoms. The van der Waals surface area contributed by atoms with Crippen molar-refractivity contribution >= 4 is 11.8 Å². The maximum absolute atomic E-state index is 11.7. The molecule has 3 atom stereocenters. The van der Waals surface area contributed by atoms with Crippen molar-refractivity contribution in [2.24, 2.45) is 11.7 Å². The van der Waals surface area contributed by atoms with E-state index in [9.17, 15) is 9.59 Å². The number of nitrogens with two attached hydrogens (primary N) is 1. The molecule has 1 aliphatic heterocycles. The van der Waals surface area contributed by atoms with E-state index in [0.717, 1.165) is 6.42 Å². The monoisotopic (exact) mass is 239 g/mol. The molecule has 3 N–H and O–H groups in total. The summed E-state index contributed by atoms with van der Waals surface area (Å²) < 4.78 is 5.20. The van der Waals surface area contributed by atoms with E-state index >= 15 is 0 Å². The molecule has 1 aliphatic rings. The third-order valence-electron chi connectivity index (χ3n) is 2.69. The van der Waals surface area contributed by atoms with Crippen molar-refractivity contribution in [3.8, 4) is 6.07 Å². The van der Waals surface area contributed by atoms with Gasteiger partial charge in [-0.15, -0.1) is 0 Å². The van der Waals surface area contributed by atoms with E-state index in [1.54, 1.807) is 6.92 Å². The molecule has 1 heterocycles. The first-order valence-electron chi connectivity index (χ1n) is 5.65. The van der Waals surface area contributed by atoms with Crippen LogP contribution in [0.1, 0.15) is 26.2 Å². The summed E-state index contributed by atoms with van der Waals surface area (Å²) >= 11 is 0. The Hall–Kier alpha value is -1.61. The number of ether oxygens (including phenoxy) is 1. The van der Waals surface area contributed by atoms with Gasteiger partial charge in [0.15, 0.2) is 0 Å². The zero-order valence-electron chi connectivity index (χ0n) is 9.81. The summed E-state index contributed by atoms with van der Waals surface area (Å²) in [6.07, 6.45) is 1.23. The van der Waals surface area contributed by atoms with Gasteiger partial charge in [0, 0.05) is 12.5 Å².